The normalized spacial score (nSPS) is 11.4. The molecule has 2 N–H and O–H groups in total. The summed E-state index contributed by atoms with van der Waals surface area (Å²) in [5, 5.41) is 6.76. The molecule has 8 heteroatoms. The van der Waals surface area contributed by atoms with Crippen molar-refractivity contribution in [1.82, 2.24) is 20.7 Å². The minimum atomic E-state index is -0.462. The van der Waals surface area contributed by atoms with Crippen LogP contribution in [0.1, 0.15) is 67.4 Å². The SMILES string of the molecule is CCCCC[C@H](CN(C=O)OCc1ccccc1)C(=O)NCNC(=O)c1cccc(-c2cncc(CCC)c2)c1. The third kappa shape index (κ3) is 9.93. The van der Waals surface area contributed by atoms with Crippen molar-refractivity contribution in [2.75, 3.05) is 13.2 Å². The molecular formula is C32H40N4O4. The number of aryl methyl sites for hydroxylation is 1. The van der Waals surface area contributed by atoms with E-state index < -0.39 is 5.92 Å². The fourth-order valence-corrected chi connectivity index (χ4v) is 4.39. The number of hydroxylamine groups is 2. The number of benzene rings is 2. The molecular weight excluding hydrogens is 504 g/mol. The monoisotopic (exact) mass is 544 g/mol. The van der Waals surface area contributed by atoms with Crippen LogP contribution in [0.3, 0.4) is 0 Å². The lowest BCUT2D eigenvalue weighted by Gasteiger charge is -2.23. The van der Waals surface area contributed by atoms with Crippen molar-refractivity contribution in [3.63, 3.8) is 0 Å². The van der Waals surface area contributed by atoms with E-state index in [1.165, 1.54) is 5.06 Å². The molecule has 1 heterocycles. The van der Waals surface area contributed by atoms with E-state index in [4.69, 9.17) is 4.84 Å². The van der Waals surface area contributed by atoms with Crippen molar-refractivity contribution in [1.29, 1.82) is 0 Å². The Morgan fingerprint density at radius 3 is 2.50 bits per heavy atom. The van der Waals surface area contributed by atoms with E-state index >= 15 is 0 Å². The van der Waals surface area contributed by atoms with E-state index in [1.54, 1.807) is 12.3 Å². The number of nitrogens with zero attached hydrogens (tertiary/aromatic N) is 2. The Morgan fingerprint density at radius 1 is 0.925 bits per heavy atom. The molecule has 0 spiro atoms. The lowest BCUT2D eigenvalue weighted by atomic mass is 10.00. The minimum absolute atomic E-state index is 0.0221. The number of unbranched alkanes of at least 4 members (excludes halogenated alkanes) is 2. The second-order valence-electron chi connectivity index (χ2n) is 9.79. The van der Waals surface area contributed by atoms with E-state index in [-0.39, 0.29) is 31.6 Å². The van der Waals surface area contributed by atoms with Crippen molar-refractivity contribution >= 4 is 18.2 Å². The van der Waals surface area contributed by atoms with Gasteiger partial charge in [0, 0.05) is 23.5 Å². The number of rotatable bonds is 17. The maximum atomic E-state index is 13.0. The van der Waals surface area contributed by atoms with Crippen LogP contribution in [0.4, 0.5) is 0 Å². The van der Waals surface area contributed by atoms with Crippen molar-refractivity contribution in [3.05, 3.63) is 89.7 Å². The van der Waals surface area contributed by atoms with Gasteiger partial charge in [0.25, 0.3) is 5.91 Å². The molecule has 40 heavy (non-hydrogen) atoms. The van der Waals surface area contributed by atoms with Gasteiger partial charge in [0.1, 0.15) is 6.61 Å². The van der Waals surface area contributed by atoms with Crippen LogP contribution >= 0.6 is 0 Å². The summed E-state index contributed by atoms with van der Waals surface area (Å²) in [7, 11) is 0. The highest BCUT2D eigenvalue weighted by Gasteiger charge is 2.22. The van der Waals surface area contributed by atoms with E-state index in [0.29, 0.717) is 18.4 Å². The lowest BCUT2D eigenvalue weighted by Crippen LogP contribution is -2.43. The molecule has 1 aromatic heterocycles. The van der Waals surface area contributed by atoms with E-state index in [0.717, 1.165) is 54.4 Å². The smallest absolute Gasteiger partial charge is 0.252 e. The second-order valence-corrected chi connectivity index (χ2v) is 9.79. The fraction of sp³-hybridized carbons (Fsp3) is 0.375. The molecule has 3 amide bonds. The third-order valence-corrected chi connectivity index (χ3v) is 6.59. The first kappa shape index (κ1) is 30.5. The largest absolute Gasteiger partial charge is 0.338 e. The summed E-state index contributed by atoms with van der Waals surface area (Å²) in [4.78, 5) is 47.5. The first-order valence-electron chi connectivity index (χ1n) is 14.0. The van der Waals surface area contributed by atoms with Gasteiger partial charge >= 0.3 is 0 Å². The topological polar surface area (TPSA) is 101 Å². The fourth-order valence-electron chi connectivity index (χ4n) is 4.39. The molecule has 1 atom stereocenters. The highest BCUT2D eigenvalue weighted by Crippen LogP contribution is 2.21. The van der Waals surface area contributed by atoms with Crippen LogP contribution in [0.5, 0.6) is 0 Å². The Bertz CT molecular complexity index is 1220. The predicted molar refractivity (Wildman–Crippen MR) is 156 cm³/mol. The number of aromatic nitrogens is 1. The Hall–Kier alpha value is -4.04. The van der Waals surface area contributed by atoms with Crippen molar-refractivity contribution < 1.29 is 19.2 Å². The van der Waals surface area contributed by atoms with Gasteiger partial charge in [-0.15, -0.1) is 0 Å². The molecule has 3 rings (SSSR count). The first-order chi connectivity index (χ1) is 19.5. The van der Waals surface area contributed by atoms with Crippen LogP contribution in [-0.4, -0.2) is 41.5 Å². The molecule has 0 saturated carbocycles. The molecule has 3 aromatic rings. The molecule has 0 fully saturated rings. The first-order valence-corrected chi connectivity index (χ1v) is 14.0. The number of nitrogens with one attached hydrogen (secondary N) is 2. The quantitative estimate of drug-likeness (QED) is 0.104. The highest BCUT2D eigenvalue weighted by molar-refractivity contribution is 5.95. The van der Waals surface area contributed by atoms with Gasteiger partial charge in [-0.25, -0.2) is 5.06 Å². The Labute approximate surface area is 237 Å². The van der Waals surface area contributed by atoms with Gasteiger partial charge in [0.05, 0.1) is 19.1 Å². The van der Waals surface area contributed by atoms with Gasteiger partial charge in [-0.1, -0.05) is 82.0 Å². The second kappa shape index (κ2) is 16.8. The number of pyridine rings is 1. The number of carbonyl (C=O) groups is 3. The summed E-state index contributed by atoms with van der Waals surface area (Å²) in [6.45, 7) is 4.57. The molecule has 8 nitrogen and oxygen atoms in total. The van der Waals surface area contributed by atoms with Gasteiger partial charge < -0.3 is 10.6 Å². The average molecular weight is 545 g/mol. The zero-order valence-electron chi connectivity index (χ0n) is 23.5. The average Bonchev–Trinajstić information content (AvgIpc) is 2.99. The van der Waals surface area contributed by atoms with E-state index in [1.807, 2.05) is 54.7 Å². The molecule has 212 valence electrons. The summed E-state index contributed by atoms with van der Waals surface area (Å²) < 4.78 is 0. The van der Waals surface area contributed by atoms with Gasteiger partial charge in [-0.3, -0.25) is 24.2 Å². The Balaban J connectivity index is 1.55. The Morgan fingerprint density at radius 2 is 1.75 bits per heavy atom. The number of amides is 3. The van der Waals surface area contributed by atoms with Gasteiger partial charge in [0.15, 0.2) is 0 Å². The summed E-state index contributed by atoms with van der Waals surface area (Å²) >= 11 is 0. The third-order valence-electron chi connectivity index (χ3n) is 6.59. The standard InChI is InChI=1S/C32H40N4O4/c1-3-5-7-14-29(21-36(24-37)40-22-25-12-8-6-9-13-25)32(39)35-23-34-31(38)28-16-10-15-27(18-28)30-17-26(11-4-2)19-33-20-30/h6,8-10,12-13,15-20,24,29H,3-5,7,11,14,21-23H2,1-2H3,(H,34,38)(H,35,39)/t29-/m1/s1. The number of hydrogen-bond donors (Lipinski definition) is 2. The molecule has 2 aromatic carbocycles. The molecule has 0 radical (unpaired) electrons. The zero-order valence-corrected chi connectivity index (χ0v) is 23.5. The highest BCUT2D eigenvalue weighted by atomic mass is 16.7. The van der Waals surface area contributed by atoms with Crippen LogP contribution in [0.15, 0.2) is 73.1 Å². The van der Waals surface area contributed by atoms with Crippen LogP contribution in [0.25, 0.3) is 11.1 Å². The summed E-state index contributed by atoms with van der Waals surface area (Å²) in [6, 6.07) is 19.0. The van der Waals surface area contributed by atoms with E-state index in [9.17, 15) is 14.4 Å². The van der Waals surface area contributed by atoms with Crippen LogP contribution < -0.4 is 10.6 Å². The van der Waals surface area contributed by atoms with Gasteiger partial charge in [-0.2, -0.15) is 0 Å². The van der Waals surface area contributed by atoms with Crippen molar-refractivity contribution in [3.8, 4) is 11.1 Å². The molecule has 0 unspecified atom stereocenters. The number of hydrogen-bond acceptors (Lipinski definition) is 5. The Kier molecular flexibility index (Phi) is 12.8. The van der Waals surface area contributed by atoms with Crippen molar-refractivity contribution in [2.45, 2.75) is 59.0 Å². The summed E-state index contributed by atoms with van der Waals surface area (Å²) in [6.07, 6.45) is 9.71. The summed E-state index contributed by atoms with van der Waals surface area (Å²) in [5.41, 5.74) is 4.44. The molecule has 0 aliphatic carbocycles. The molecule has 0 saturated heterocycles. The number of carbonyl (C=O) groups excluding carboxylic acids is 3. The van der Waals surface area contributed by atoms with Crippen molar-refractivity contribution in [2.24, 2.45) is 5.92 Å². The van der Waals surface area contributed by atoms with Crippen LogP contribution in [0, 0.1) is 5.92 Å². The predicted octanol–water partition coefficient (Wildman–Crippen LogP) is 5.29. The maximum Gasteiger partial charge on any atom is 0.252 e. The summed E-state index contributed by atoms with van der Waals surface area (Å²) in [5.74, 6) is -0.988. The molecule has 0 aliphatic rings. The molecule has 0 bridgehead atoms. The minimum Gasteiger partial charge on any atom is -0.338 e. The van der Waals surface area contributed by atoms with Gasteiger partial charge in [0.2, 0.25) is 12.3 Å². The zero-order chi connectivity index (χ0) is 28.6. The molecule has 0 aliphatic heterocycles. The van der Waals surface area contributed by atoms with Crippen LogP contribution in [-0.2, 0) is 27.5 Å². The van der Waals surface area contributed by atoms with Crippen LogP contribution in [0.2, 0.25) is 0 Å². The lowest BCUT2D eigenvalue weighted by molar-refractivity contribution is -0.182. The van der Waals surface area contributed by atoms with Gasteiger partial charge in [-0.05, 0) is 47.7 Å². The van der Waals surface area contributed by atoms with E-state index in [2.05, 4.69) is 35.5 Å². The maximum absolute atomic E-state index is 13.0.